The summed E-state index contributed by atoms with van der Waals surface area (Å²) in [6.45, 7) is 5.08. The van der Waals surface area contributed by atoms with E-state index in [-0.39, 0.29) is 30.8 Å². The Morgan fingerprint density at radius 1 is 1.16 bits per heavy atom. The number of ether oxygens (including phenoxy) is 1. The fourth-order valence-corrected chi connectivity index (χ4v) is 3.63. The maximum Gasteiger partial charge on any atom is 0.306 e. The molecule has 0 unspecified atom stereocenters. The Hall–Kier alpha value is -4.01. The third kappa shape index (κ3) is 4.22. The second-order valence-electron chi connectivity index (χ2n) is 7.53. The van der Waals surface area contributed by atoms with Crippen LogP contribution in [0, 0.1) is 20.8 Å². The largest absolute Gasteiger partial charge is 0.457 e. The molecule has 0 spiro atoms. The van der Waals surface area contributed by atoms with Gasteiger partial charge in [-0.15, -0.1) is 0 Å². The normalized spacial score (nSPS) is 11.1. The monoisotopic (exact) mass is 434 g/mol. The molecule has 0 saturated carbocycles. The van der Waals surface area contributed by atoms with Gasteiger partial charge in [-0.3, -0.25) is 19.0 Å². The van der Waals surface area contributed by atoms with Crippen molar-refractivity contribution >= 4 is 22.7 Å². The van der Waals surface area contributed by atoms with Crippen LogP contribution >= 0.6 is 0 Å². The first-order valence-electron chi connectivity index (χ1n) is 10.1. The van der Waals surface area contributed by atoms with Gasteiger partial charge in [-0.25, -0.2) is 4.98 Å². The highest BCUT2D eigenvalue weighted by Gasteiger charge is 2.19. The summed E-state index contributed by atoms with van der Waals surface area (Å²) in [7, 11) is 0. The Morgan fingerprint density at radius 3 is 2.69 bits per heavy atom. The maximum absolute atomic E-state index is 12.6. The topological polar surface area (TPSA) is 120 Å². The van der Waals surface area contributed by atoms with E-state index in [2.05, 4.69) is 15.1 Å². The van der Waals surface area contributed by atoms with Gasteiger partial charge in [0, 0.05) is 29.4 Å². The number of carbonyl (C=O) groups excluding carboxylic acids is 2. The van der Waals surface area contributed by atoms with Gasteiger partial charge < -0.3 is 14.2 Å². The van der Waals surface area contributed by atoms with Gasteiger partial charge in [-0.1, -0.05) is 17.3 Å². The van der Waals surface area contributed by atoms with Crippen LogP contribution in [-0.4, -0.2) is 38.1 Å². The Labute approximate surface area is 183 Å². The van der Waals surface area contributed by atoms with Crippen molar-refractivity contribution in [2.75, 3.05) is 6.61 Å². The molecule has 0 radical (unpaired) electrons. The summed E-state index contributed by atoms with van der Waals surface area (Å²) in [6.07, 6.45) is 0.193. The highest BCUT2D eigenvalue weighted by Crippen LogP contribution is 2.21. The molecule has 4 rings (SSSR count). The smallest absolute Gasteiger partial charge is 0.306 e. The van der Waals surface area contributed by atoms with Crippen LogP contribution in [0.1, 0.15) is 39.8 Å². The minimum absolute atomic E-state index is 0.00814. The molecule has 0 saturated heterocycles. The van der Waals surface area contributed by atoms with Crippen LogP contribution < -0.4 is 5.56 Å². The van der Waals surface area contributed by atoms with Crippen LogP contribution in [0.15, 0.2) is 45.7 Å². The molecule has 9 nitrogen and oxygen atoms in total. The number of hydrogen-bond donors (Lipinski definition) is 1. The summed E-state index contributed by atoms with van der Waals surface area (Å²) in [4.78, 5) is 43.9. The molecule has 0 atom stereocenters. The number of esters is 1. The fourth-order valence-electron chi connectivity index (χ4n) is 3.63. The molecule has 32 heavy (non-hydrogen) atoms. The lowest BCUT2D eigenvalue weighted by Gasteiger charge is -2.06. The Balaban J connectivity index is 1.37. The zero-order valence-corrected chi connectivity index (χ0v) is 18.0. The average molecular weight is 434 g/mol. The predicted molar refractivity (Wildman–Crippen MR) is 116 cm³/mol. The maximum atomic E-state index is 12.6. The molecular formula is C23H22N4O5. The lowest BCUT2D eigenvalue weighted by atomic mass is 10.1. The van der Waals surface area contributed by atoms with Crippen LogP contribution in [0.4, 0.5) is 0 Å². The van der Waals surface area contributed by atoms with E-state index in [1.807, 2.05) is 11.5 Å². The number of aryl methyl sites for hydroxylation is 3. The highest BCUT2D eigenvalue weighted by molar-refractivity contribution is 5.99. The quantitative estimate of drug-likeness (QED) is 0.351. The van der Waals surface area contributed by atoms with Crippen molar-refractivity contribution < 1.29 is 18.8 Å². The molecule has 0 amide bonds. The number of benzene rings is 1. The zero-order chi connectivity index (χ0) is 22.8. The van der Waals surface area contributed by atoms with E-state index in [9.17, 15) is 14.4 Å². The molecular weight excluding hydrogens is 412 g/mol. The molecule has 1 aromatic carbocycles. The summed E-state index contributed by atoms with van der Waals surface area (Å²) in [5.41, 5.74) is 2.27. The summed E-state index contributed by atoms with van der Waals surface area (Å²) in [6, 6.07) is 10.5. The molecule has 3 aromatic heterocycles. The average Bonchev–Trinajstić information content (AvgIpc) is 3.32. The number of aromatic amines is 1. The van der Waals surface area contributed by atoms with Crippen LogP contribution in [0.3, 0.4) is 0 Å². The van der Waals surface area contributed by atoms with Gasteiger partial charge in [0.2, 0.25) is 5.78 Å². The number of ketones is 1. The van der Waals surface area contributed by atoms with Gasteiger partial charge in [0.1, 0.15) is 11.6 Å². The molecule has 9 heteroatoms. The van der Waals surface area contributed by atoms with E-state index in [1.165, 1.54) is 0 Å². The molecule has 164 valence electrons. The Kier molecular flexibility index (Phi) is 5.72. The van der Waals surface area contributed by atoms with E-state index in [0.29, 0.717) is 39.6 Å². The van der Waals surface area contributed by atoms with E-state index < -0.39 is 5.97 Å². The fraction of sp³-hybridized carbons (Fsp3) is 0.261. The number of fused-ring (bicyclic) bond motifs is 1. The summed E-state index contributed by atoms with van der Waals surface area (Å²) in [5, 5.41) is 4.48. The minimum Gasteiger partial charge on any atom is -0.457 e. The number of para-hydroxylation sites is 1. The standard InChI is InChI=1S/C23H22N4O5/c1-13-10-17(15(3)27(13)21-11-14(2)32-26-21)19(28)12-31-22(29)9-8-20-24-18-7-5-4-6-16(18)23(30)25-20/h4-7,10-11H,8-9,12H2,1-3H3,(H,24,25,30). The van der Waals surface area contributed by atoms with Crippen molar-refractivity contribution in [1.82, 2.24) is 19.7 Å². The number of hydrogen-bond acceptors (Lipinski definition) is 7. The highest BCUT2D eigenvalue weighted by atomic mass is 16.5. The summed E-state index contributed by atoms with van der Waals surface area (Å²) in [5.74, 6) is 0.788. The van der Waals surface area contributed by atoms with Crippen molar-refractivity contribution in [3.63, 3.8) is 0 Å². The summed E-state index contributed by atoms with van der Waals surface area (Å²) < 4.78 is 12.1. The SMILES string of the molecule is Cc1cc(-n2c(C)cc(C(=O)COC(=O)CCc3nc4ccccc4c(=O)[nH]3)c2C)no1. The van der Waals surface area contributed by atoms with Gasteiger partial charge in [0.05, 0.1) is 17.3 Å². The summed E-state index contributed by atoms with van der Waals surface area (Å²) >= 11 is 0. The number of H-pyrrole nitrogens is 1. The number of nitrogens with one attached hydrogen (secondary N) is 1. The molecule has 0 aliphatic heterocycles. The van der Waals surface area contributed by atoms with E-state index in [1.54, 1.807) is 50.2 Å². The Morgan fingerprint density at radius 2 is 1.94 bits per heavy atom. The number of rotatable bonds is 7. The van der Waals surface area contributed by atoms with Crippen LogP contribution in [0.5, 0.6) is 0 Å². The lowest BCUT2D eigenvalue weighted by molar-refractivity contribution is -0.142. The lowest BCUT2D eigenvalue weighted by Crippen LogP contribution is -2.17. The Bertz CT molecular complexity index is 1380. The third-order valence-electron chi connectivity index (χ3n) is 5.17. The van der Waals surface area contributed by atoms with Crippen molar-refractivity contribution in [1.29, 1.82) is 0 Å². The first-order chi connectivity index (χ1) is 15.3. The first-order valence-corrected chi connectivity index (χ1v) is 10.1. The van der Waals surface area contributed by atoms with Crippen LogP contribution in [0.25, 0.3) is 16.7 Å². The number of Topliss-reactive ketones (excluding diaryl/α,β-unsaturated/α-hetero) is 1. The van der Waals surface area contributed by atoms with Gasteiger partial charge in [0.15, 0.2) is 12.4 Å². The minimum atomic E-state index is -0.546. The first kappa shape index (κ1) is 21.2. The second-order valence-corrected chi connectivity index (χ2v) is 7.53. The molecule has 4 aromatic rings. The molecule has 0 aliphatic rings. The van der Waals surface area contributed by atoms with Gasteiger partial charge in [-0.05, 0) is 39.0 Å². The number of carbonyl (C=O) groups is 2. The van der Waals surface area contributed by atoms with E-state index in [4.69, 9.17) is 9.26 Å². The number of nitrogens with zero attached hydrogens (tertiary/aromatic N) is 3. The molecule has 1 N–H and O–H groups in total. The van der Waals surface area contributed by atoms with Gasteiger partial charge in [-0.2, -0.15) is 0 Å². The van der Waals surface area contributed by atoms with Gasteiger partial charge >= 0.3 is 5.97 Å². The molecule has 0 bridgehead atoms. The van der Waals surface area contributed by atoms with Crippen molar-refractivity contribution in [2.24, 2.45) is 0 Å². The van der Waals surface area contributed by atoms with Crippen molar-refractivity contribution in [3.8, 4) is 5.82 Å². The molecule has 3 heterocycles. The zero-order valence-electron chi connectivity index (χ0n) is 18.0. The van der Waals surface area contributed by atoms with Crippen LogP contribution in [-0.2, 0) is 16.0 Å². The third-order valence-corrected chi connectivity index (χ3v) is 5.17. The van der Waals surface area contributed by atoms with E-state index in [0.717, 1.165) is 5.69 Å². The van der Waals surface area contributed by atoms with Crippen molar-refractivity contribution in [3.05, 3.63) is 75.3 Å². The van der Waals surface area contributed by atoms with Crippen LogP contribution in [0.2, 0.25) is 0 Å². The molecule has 0 fully saturated rings. The van der Waals surface area contributed by atoms with E-state index >= 15 is 0 Å². The van der Waals surface area contributed by atoms with Gasteiger partial charge in [0.25, 0.3) is 5.56 Å². The predicted octanol–water partition coefficient (Wildman–Crippen LogP) is 2.99. The van der Waals surface area contributed by atoms with Crippen molar-refractivity contribution in [2.45, 2.75) is 33.6 Å². The second kappa shape index (κ2) is 8.62. The number of aromatic nitrogens is 4. The molecule has 0 aliphatic carbocycles.